The Morgan fingerprint density at radius 3 is 1.35 bits per heavy atom. The summed E-state index contributed by atoms with van der Waals surface area (Å²) in [5.41, 5.74) is 2.20. The SMILES string of the molecule is CCn1cc(O)n([C@H]2C[C@@H](n3cnc4c(N[C@H](CO)Cc5ccccc5)nc(N5CC[C@@H](NC(=O)N[C@@H]6CCN(c7nc(N[C@H](CO)Cc8ccccc8)c8ncn([C@@H]9C[C@H](n%10c(O)cn(CC)c%10=O)[C@@H](O)[C@H]9O)c8n7)C6)C5)nc43)[C@H](O)[C@@H]2O)c1=O. The highest BCUT2D eigenvalue weighted by Crippen LogP contribution is 2.43. The molecule has 2 saturated heterocycles. The highest BCUT2D eigenvalue weighted by atomic mass is 16.3. The smallest absolute Gasteiger partial charge is 0.331 e. The molecule has 2 saturated carbocycles. The predicted molar refractivity (Wildman–Crippen MR) is 314 cm³/mol. The Hall–Kier alpha value is -8.61. The number of aliphatic hydroxyl groups excluding tert-OH is 6. The number of hydrogen-bond acceptors (Lipinski definition) is 21. The average Bonchev–Trinajstić information content (AvgIpc) is 3.24. The van der Waals surface area contributed by atoms with Crippen molar-refractivity contribution in [2.24, 2.45) is 0 Å². The molecule has 29 heteroatoms. The molecule has 6 aromatic heterocycles. The van der Waals surface area contributed by atoms with Gasteiger partial charge in [0.05, 0.1) is 74.5 Å². The summed E-state index contributed by atoms with van der Waals surface area (Å²) in [6, 6.07) is 13.6. The number of rotatable bonds is 20. The number of fused-ring (bicyclic) bond motifs is 2. The van der Waals surface area contributed by atoms with Gasteiger partial charge in [-0.05, 0) is 63.5 Å². The summed E-state index contributed by atoms with van der Waals surface area (Å²) in [5.74, 6) is 0.523. The van der Waals surface area contributed by atoms with Gasteiger partial charge in [-0.3, -0.25) is 18.3 Å². The molecule has 4 fully saturated rings. The largest absolute Gasteiger partial charge is 0.493 e. The molecule has 12 N–H and O–H groups in total. The van der Waals surface area contributed by atoms with Crippen LogP contribution in [0.3, 0.4) is 0 Å². The normalized spacial score (nSPS) is 24.7. The molecule has 8 aromatic rings. The van der Waals surface area contributed by atoms with E-state index in [2.05, 4.69) is 31.2 Å². The molecule has 12 rings (SSSR count). The maximum atomic E-state index is 13.9. The Morgan fingerprint density at radius 1 is 0.581 bits per heavy atom. The number of nitrogens with one attached hydrogen (secondary N) is 4. The Labute approximate surface area is 491 Å². The van der Waals surface area contributed by atoms with Crippen LogP contribution >= 0.6 is 0 Å². The van der Waals surface area contributed by atoms with E-state index in [0.29, 0.717) is 98.9 Å². The van der Waals surface area contributed by atoms with Crippen molar-refractivity contribution >= 4 is 51.9 Å². The molecule has 2 aliphatic carbocycles. The van der Waals surface area contributed by atoms with Gasteiger partial charge in [0.1, 0.15) is 24.4 Å². The van der Waals surface area contributed by atoms with Crippen LogP contribution in [-0.4, -0.2) is 192 Å². The first-order valence-electron chi connectivity index (χ1n) is 29.3. The molecule has 0 unspecified atom stereocenters. The van der Waals surface area contributed by atoms with Gasteiger partial charge in [-0.25, -0.2) is 24.4 Å². The number of aryl methyl sites for hydroxylation is 2. The molecule has 12 atom stereocenters. The number of urea groups is 1. The zero-order valence-corrected chi connectivity index (χ0v) is 47.5. The van der Waals surface area contributed by atoms with E-state index in [-0.39, 0.29) is 61.8 Å². The molecule has 2 aromatic carbocycles. The first-order chi connectivity index (χ1) is 41.6. The molecular formula is C57H72N18O11. The molecule has 8 heterocycles. The maximum absolute atomic E-state index is 13.9. The van der Waals surface area contributed by atoms with E-state index < -0.39 is 78.1 Å². The number of aliphatic hydroxyl groups is 6. The Kier molecular flexibility index (Phi) is 16.2. The Morgan fingerprint density at radius 2 is 0.977 bits per heavy atom. The molecule has 2 amide bonds. The van der Waals surface area contributed by atoms with Crippen molar-refractivity contribution in [1.29, 1.82) is 0 Å². The number of aromatic nitrogens is 12. The van der Waals surface area contributed by atoms with E-state index in [1.54, 1.807) is 23.0 Å². The van der Waals surface area contributed by atoms with Crippen LogP contribution in [0.15, 0.2) is 95.3 Å². The van der Waals surface area contributed by atoms with E-state index in [1.165, 1.54) is 34.2 Å². The molecule has 86 heavy (non-hydrogen) atoms. The number of carbonyl (C=O) groups is 1. The quantitative estimate of drug-likeness (QED) is 0.0490. The molecule has 0 bridgehead atoms. The minimum absolute atomic E-state index is 0.0475. The van der Waals surface area contributed by atoms with Gasteiger partial charge in [0, 0.05) is 51.4 Å². The minimum atomic E-state index is -1.43. The number of hydrogen-bond donors (Lipinski definition) is 12. The lowest BCUT2D eigenvalue weighted by molar-refractivity contribution is 0.00754. The van der Waals surface area contributed by atoms with Gasteiger partial charge >= 0.3 is 17.4 Å². The lowest BCUT2D eigenvalue weighted by Crippen LogP contribution is -2.48. The highest BCUT2D eigenvalue weighted by molar-refractivity contribution is 5.86. The third-order valence-corrected chi connectivity index (χ3v) is 17.4. The summed E-state index contributed by atoms with van der Waals surface area (Å²) < 4.78 is 8.12. The maximum Gasteiger partial charge on any atom is 0.331 e. The predicted octanol–water partition coefficient (Wildman–Crippen LogP) is 0.347. The van der Waals surface area contributed by atoms with Crippen molar-refractivity contribution in [3.05, 3.63) is 118 Å². The van der Waals surface area contributed by atoms with Gasteiger partial charge in [0.15, 0.2) is 34.0 Å². The molecule has 4 aliphatic rings. The molecular weight excluding hydrogens is 1110 g/mol. The van der Waals surface area contributed by atoms with Crippen LogP contribution in [0.1, 0.15) is 74.8 Å². The van der Waals surface area contributed by atoms with Crippen molar-refractivity contribution in [2.45, 2.75) is 138 Å². The molecule has 2 aliphatic heterocycles. The van der Waals surface area contributed by atoms with Crippen molar-refractivity contribution < 1.29 is 45.6 Å². The van der Waals surface area contributed by atoms with Gasteiger partial charge in [-0.2, -0.15) is 19.9 Å². The number of imidazole rings is 4. The third kappa shape index (κ3) is 10.9. The van der Waals surface area contributed by atoms with Gasteiger partial charge in [-0.1, -0.05) is 60.7 Å². The van der Waals surface area contributed by atoms with Crippen LogP contribution in [0.4, 0.5) is 28.3 Å². The number of benzene rings is 2. The van der Waals surface area contributed by atoms with Crippen molar-refractivity contribution in [1.82, 2.24) is 67.9 Å². The topological polar surface area (TPSA) is 375 Å². The van der Waals surface area contributed by atoms with Gasteiger partial charge in [-0.15, -0.1) is 0 Å². The average molecular weight is 1190 g/mol. The Bertz CT molecular complexity index is 3590. The van der Waals surface area contributed by atoms with E-state index >= 15 is 0 Å². The van der Waals surface area contributed by atoms with E-state index in [0.717, 1.165) is 20.3 Å². The van der Waals surface area contributed by atoms with Crippen molar-refractivity contribution in [3.8, 4) is 11.8 Å². The van der Waals surface area contributed by atoms with E-state index in [9.17, 15) is 55.2 Å². The molecule has 0 spiro atoms. The monoisotopic (exact) mass is 1180 g/mol. The lowest BCUT2D eigenvalue weighted by Gasteiger charge is -2.23. The first-order valence-corrected chi connectivity index (χ1v) is 29.3. The van der Waals surface area contributed by atoms with Gasteiger partial charge in [0.25, 0.3) is 0 Å². The zero-order chi connectivity index (χ0) is 60.1. The Balaban J connectivity index is 0.766. The summed E-state index contributed by atoms with van der Waals surface area (Å²) in [6.45, 7) is 5.11. The number of aromatic hydroxyl groups is 2. The van der Waals surface area contributed by atoms with Crippen LogP contribution in [-0.2, 0) is 25.9 Å². The first kappa shape index (κ1) is 57.8. The van der Waals surface area contributed by atoms with Crippen molar-refractivity contribution in [2.75, 3.05) is 59.8 Å². The van der Waals surface area contributed by atoms with Gasteiger partial charge < -0.3 is 81.1 Å². The summed E-state index contributed by atoms with van der Waals surface area (Å²) in [5, 5.41) is 102. The summed E-state index contributed by atoms with van der Waals surface area (Å²) in [6.07, 6.45) is 2.00. The van der Waals surface area contributed by atoms with Crippen LogP contribution in [0.5, 0.6) is 11.8 Å². The number of anilines is 4. The fourth-order valence-electron chi connectivity index (χ4n) is 12.9. The second-order valence-corrected chi connectivity index (χ2v) is 22.9. The third-order valence-electron chi connectivity index (χ3n) is 17.4. The molecule has 0 radical (unpaired) electrons. The number of amides is 2. The second-order valence-electron chi connectivity index (χ2n) is 22.9. The second kappa shape index (κ2) is 24.0. The summed E-state index contributed by atoms with van der Waals surface area (Å²) in [7, 11) is 0. The summed E-state index contributed by atoms with van der Waals surface area (Å²) in [4.78, 5) is 73.6. The highest BCUT2D eigenvalue weighted by Gasteiger charge is 2.47. The van der Waals surface area contributed by atoms with Crippen LogP contribution < -0.4 is 42.4 Å². The summed E-state index contributed by atoms with van der Waals surface area (Å²) >= 11 is 0. The number of carbonyl (C=O) groups excluding carboxylic acids is 1. The van der Waals surface area contributed by atoms with Crippen LogP contribution in [0.2, 0.25) is 0 Å². The van der Waals surface area contributed by atoms with E-state index in [4.69, 9.17) is 19.9 Å². The standard InChI is InChI=1S/C57H72N18O11/c1-3-68-25-41(78)74(56(68)85)39-21-37(45(80)47(39)82)72-29-58-43-49(60-35(27-76)19-31-11-7-5-8-12-31)64-53(66-51(43)72)70-17-15-33(23-70)62-55(84)63-34-16-18-71(24-34)54-65-50(61-36(28-77)20-32-13-9-6-10-14-32)44-52(67-54)73(30-59-44)38-22-40(48(83)46(38)81)75-42(79)26-69(4-2)57(75)86/h5-14,25-26,29-30,33-40,45-48,76-83H,3-4,15-24,27-28H2,1-2H3,(H,60,64,66)(H,61,65,67)(H2,62,63,84)/t33-,34-,35+,36+,37-,38-,39+,40+,45+,46+,47-,48-/m1/s1. The van der Waals surface area contributed by atoms with Crippen LogP contribution in [0.25, 0.3) is 22.3 Å². The minimum Gasteiger partial charge on any atom is -0.493 e. The van der Waals surface area contributed by atoms with E-state index in [1.807, 2.05) is 70.5 Å². The number of nitrogens with zero attached hydrogens (tertiary/aromatic N) is 14. The fraction of sp³-hybridized carbons (Fsp3) is 0.491. The molecule has 456 valence electrons. The lowest BCUT2D eigenvalue weighted by atomic mass is 10.1. The van der Waals surface area contributed by atoms with Gasteiger partial charge in [0.2, 0.25) is 23.7 Å². The van der Waals surface area contributed by atoms with Crippen molar-refractivity contribution in [3.63, 3.8) is 0 Å². The van der Waals surface area contributed by atoms with Crippen LogP contribution in [0, 0.1) is 0 Å². The fourth-order valence-corrected chi connectivity index (χ4v) is 12.9. The zero-order valence-electron chi connectivity index (χ0n) is 47.5. The molecule has 29 nitrogen and oxygen atoms in total.